The van der Waals surface area contributed by atoms with Crippen molar-refractivity contribution in [2.45, 2.75) is 64.6 Å². The summed E-state index contributed by atoms with van der Waals surface area (Å²) in [7, 11) is 2.24. The van der Waals surface area contributed by atoms with E-state index in [-0.39, 0.29) is 6.04 Å². The zero-order valence-electron chi connectivity index (χ0n) is 13.8. The number of hydrogen-bond acceptors (Lipinski definition) is 3. The van der Waals surface area contributed by atoms with E-state index in [1.54, 1.807) is 0 Å². The summed E-state index contributed by atoms with van der Waals surface area (Å²) in [5.74, 6) is 1.00. The molecule has 1 aliphatic rings. The van der Waals surface area contributed by atoms with Crippen molar-refractivity contribution in [1.29, 1.82) is 0 Å². The Morgan fingerprint density at radius 1 is 1.29 bits per heavy atom. The first-order valence-corrected chi connectivity index (χ1v) is 8.33. The Balaban J connectivity index is 2.13. The molecule has 1 aromatic carbocycles. The highest BCUT2D eigenvalue weighted by Crippen LogP contribution is 2.27. The zero-order valence-corrected chi connectivity index (χ0v) is 13.8. The number of nitrogens with two attached hydrogens (primary N) is 1. The van der Waals surface area contributed by atoms with Gasteiger partial charge >= 0.3 is 0 Å². The summed E-state index contributed by atoms with van der Waals surface area (Å²) < 4.78 is 5.79. The molecule has 1 aromatic rings. The van der Waals surface area contributed by atoms with Crippen LogP contribution >= 0.6 is 0 Å². The van der Waals surface area contributed by atoms with Crippen LogP contribution in [0.4, 0.5) is 0 Å². The van der Waals surface area contributed by atoms with E-state index in [0.717, 1.165) is 12.3 Å². The topological polar surface area (TPSA) is 38.5 Å². The molecule has 3 nitrogen and oxygen atoms in total. The van der Waals surface area contributed by atoms with Crippen LogP contribution in [0.3, 0.4) is 0 Å². The monoisotopic (exact) mass is 290 g/mol. The van der Waals surface area contributed by atoms with Gasteiger partial charge in [0.2, 0.25) is 0 Å². The van der Waals surface area contributed by atoms with Gasteiger partial charge in [0.05, 0.1) is 6.61 Å². The Morgan fingerprint density at radius 2 is 2.00 bits per heavy atom. The first kappa shape index (κ1) is 16.3. The van der Waals surface area contributed by atoms with Crippen molar-refractivity contribution in [2.75, 3.05) is 13.7 Å². The minimum atomic E-state index is 0.0689. The first-order valence-electron chi connectivity index (χ1n) is 8.33. The van der Waals surface area contributed by atoms with Crippen molar-refractivity contribution in [3.63, 3.8) is 0 Å². The Kier molecular flexibility index (Phi) is 6.07. The molecule has 1 aliphatic carbocycles. The van der Waals surface area contributed by atoms with E-state index in [1.807, 2.05) is 13.8 Å². The fourth-order valence-electron chi connectivity index (χ4n) is 3.22. The minimum Gasteiger partial charge on any atom is -0.494 e. The van der Waals surface area contributed by atoms with Crippen LogP contribution in [0.2, 0.25) is 0 Å². The third-order valence-electron chi connectivity index (χ3n) is 4.53. The number of rotatable bonds is 6. The Hall–Kier alpha value is -1.06. The van der Waals surface area contributed by atoms with Gasteiger partial charge in [0.15, 0.2) is 0 Å². The minimum absolute atomic E-state index is 0.0689. The molecule has 118 valence electrons. The molecule has 3 heteroatoms. The third-order valence-corrected chi connectivity index (χ3v) is 4.53. The molecule has 0 amide bonds. The molecule has 0 bridgehead atoms. The van der Waals surface area contributed by atoms with Crippen LogP contribution in [-0.4, -0.2) is 24.6 Å². The number of nitrogens with zero attached hydrogens (tertiary/aromatic N) is 1. The van der Waals surface area contributed by atoms with Crippen molar-refractivity contribution >= 4 is 0 Å². The summed E-state index contributed by atoms with van der Waals surface area (Å²) in [6.45, 7) is 5.72. The van der Waals surface area contributed by atoms with E-state index in [1.165, 1.54) is 43.2 Å². The highest BCUT2D eigenvalue weighted by atomic mass is 16.5. The molecule has 0 aromatic heterocycles. The predicted octanol–water partition coefficient (Wildman–Crippen LogP) is 3.87. The second-order valence-electron chi connectivity index (χ2n) is 6.30. The second-order valence-corrected chi connectivity index (χ2v) is 6.30. The fraction of sp³-hybridized carbons (Fsp3) is 0.667. The van der Waals surface area contributed by atoms with Gasteiger partial charge in [-0.05, 0) is 51.4 Å². The van der Waals surface area contributed by atoms with Crippen molar-refractivity contribution in [2.24, 2.45) is 5.73 Å². The summed E-state index contributed by atoms with van der Waals surface area (Å²) in [6, 6.07) is 7.16. The van der Waals surface area contributed by atoms with Gasteiger partial charge in [-0.3, -0.25) is 4.90 Å². The molecular weight excluding hydrogens is 260 g/mol. The lowest BCUT2D eigenvalue weighted by atomic mass is 9.94. The smallest absolute Gasteiger partial charge is 0.123 e. The highest BCUT2D eigenvalue weighted by Gasteiger charge is 2.19. The number of benzene rings is 1. The summed E-state index contributed by atoms with van der Waals surface area (Å²) in [5, 5.41) is 0. The van der Waals surface area contributed by atoms with Crippen LogP contribution in [-0.2, 0) is 6.54 Å². The zero-order chi connectivity index (χ0) is 15.2. The average Bonchev–Trinajstić information content (AvgIpc) is 2.50. The van der Waals surface area contributed by atoms with Gasteiger partial charge in [-0.2, -0.15) is 0 Å². The van der Waals surface area contributed by atoms with Gasteiger partial charge < -0.3 is 10.5 Å². The van der Waals surface area contributed by atoms with Gasteiger partial charge in [0.25, 0.3) is 0 Å². The van der Waals surface area contributed by atoms with Crippen molar-refractivity contribution in [3.05, 3.63) is 29.3 Å². The van der Waals surface area contributed by atoms with Crippen molar-refractivity contribution in [3.8, 4) is 5.75 Å². The Bertz CT molecular complexity index is 439. The van der Waals surface area contributed by atoms with Crippen LogP contribution in [0.1, 0.15) is 63.1 Å². The predicted molar refractivity (Wildman–Crippen MR) is 88.6 cm³/mol. The highest BCUT2D eigenvalue weighted by molar-refractivity contribution is 5.38. The second kappa shape index (κ2) is 7.81. The lowest BCUT2D eigenvalue weighted by molar-refractivity contribution is 0.182. The van der Waals surface area contributed by atoms with Crippen molar-refractivity contribution in [1.82, 2.24) is 4.90 Å². The molecule has 1 unspecified atom stereocenters. The standard InChI is InChI=1S/C18H30N2O/c1-4-21-18-11-10-15(14(2)19)12-16(18)13-20(3)17-8-6-5-7-9-17/h10-12,14,17H,4-9,13,19H2,1-3H3. The molecule has 2 rings (SSSR count). The summed E-state index contributed by atoms with van der Waals surface area (Å²) in [5.41, 5.74) is 8.48. The van der Waals surface area contributed by atoms with E-state index in [9.17, 15) is 0 Å². The number of hydrogen-bond donors (Lipinski definition) is 1. The van der Waals surface area contributed by atoms with Crippen LogP contribution < -0.4 is 10.5 Å². The van der Waals surface area contributed by atoms with Gasteiger partial charge in [0.1, 0.15) is 5.75 Å². The summed E-state index contributed by atoms with van der Waals surface area (Å²) in [6.07, 6.45) is 6.79. The van der Waals surface area contributed by atoms with Crippen LogP contribution in [0.5, 0.6) is 5.75 Å². The fourth-order valence-corrected chi connectivity index (χ4v) is 3.22. The lowest BCUT2D eigenvalue weighted by Crippen LogP contribution is -2.33. The largest absolute Gasteiger partial charge is 0.494 e. The Labute approximate surface area is 129 Å². The first-order chi connectivity index (χ1) is 10.1. The van der Waals surface area contributed by atoms with Crippen molar-refractivity contribution < 1.29 is 4.74 Å². The molecular formula is C18H30N2O. The van der Waals surface area contributed by atoms with E-state index < -0.39 is 0 Å². The molecule has 2 N–H and O–H groups in total. The molecule has 0 heterocycles. The maximum Gasteiger partial charge on any atom is 0.123 e. The SMILES string of the molecule is CCOc1ccc(C(C)N)cc1CN(C)C1CCCCC1. The van der Waals surface area contributed by atoms with Gasteiger partial charge in [-0.1, -0.05) is 25.3 Å². The van der Waals surface area contributed by atoms with Crippen LogP contribution in [0.25, 0.3) is 0 Å². The molecule has 1 fully saturated rings. The molecule has 1 atom stereocenters. The van der Waals surface area contributed by atoms with Gasteiger partial charge in [-0.25, -0.2) is 0 Å². The normalized spacial score (nSPS) is 18.0. The molecule has 1 saturated carbocycles. The van der Waals surface area contributed by atoms with Crippen LogP contribution in [0.15, 0.2) is 18.2 Å². The van der Waals surface area contributed by atoms with E-state index in [2.05, 4.69) is 30.1 Å². The van der Waals surface area contributed by atoms with Gasteiger partial charge in [-0.15, -0.1) is 0 Å². The maximum absolute atomic E-state index is 6.03. The molecule has 0 aliphatic heterocycles. The molecule has 0 saturated heterocycles. The Morgan fingerprint density at radius 3 is 2.62 bits per heavy atom. The van der Waals surface area contributed by atoms with Gasteiger partial charge in [0, 0.05) is 24.2 Å². The molecule has 21 heavy (non-hydrogen) atoms. The molecule has 0 spiro atoms. The number of ether oxygens (including phenoxy) is 1. The van der Waals surface area contributed by atoms with E-state index >= 15 is 0 Å². The van der Waals surface area contributed by atoms with E-state index in [4.69, 9.17) is 10.5 Å². The molecule has 0 radical (unpaired) electrons. The van der Waals surface area contributed by atoms with Crippen LogP contribution in [0, 0.1) is 0 Å². The maximum atomic E-state index is 6.03. The van der Waals surface area contributed by atoms with E-state index in [0.29, 0.717) is 12.6 Å². The summed E-state index contributed by atoms with van der Waals surface area (Å²) in [4.78, 5) is 2.49. The quantitative estimate of drug-likeness (QED) is 0.864. The third kappa shape index (κ3) is 4.45. The lowest BCUT2D eigenvalue weighted by Gasteiger charge is -2.31. The average molecular weight is 290 g/mol. The summed E-state index contributed by atoms with van der Waals surface area (Å²) >= 11 is 0.